The zero-order chi connectivity index (χ0) is 12.3. The van der Waals surface area contributed by atoms with Crippen molar-refractivity contribution in [2.45, 2.75) is 38.4 Å². The first-order valence-electron chi connectivity index (χ1n) is 6.27. The second-order valence-corrected chi connectivity index (χ2v) is 4.68. The van der Waals surface area contributed by atoms with Crippen LogP contribution in [0.25, 0.3) is 0 Å². The Morgan fingerprint density at radius 2 is 1.94 bits per heavy atom. The van der Waals surface area contributed by atoms with E-state index in [9.17, 15) is 0 Å². The molecule has 0 spiro atoms. The van der Waals surface area contributed by atoms with E-state index in [0.29, 0.717) is 6.10 Å². The largest absolute Gasteiger partial charge is 0.370 e. The van der Waals surface area contributed by atoms with Crippen molar-refractivity contribution in [2.75, 3.05) is 0 Å². The van der Waals surface area contributed by atoms with Crippen LogP contribution in [-0.4, -0.2) is 12.2 Å². The van der Waals surface area contributed by atoms with E-state index in [1.54, 1.807) is 0 Å². The minimum Gasteiger partial charge on any atom is -0.370 e. The van der Waals surface area contributed by atoms with Gasteiger partial charge >= 0.3 is 0 Å². The zero-order valence-electron chi connectivity index (χ0n) is 10.5. The smallest absolute Gasteiger partial charge is 0.0865 e. The zero-order valence-corrected chi connectivity index (χ0v) is 10.5. The van der Waals surface area contributed by atoms with Crippen LogP contribution in [0.2, 0.25) is 0 Å². The van der Waals surface area contributed by atoms with E-state index in [0.717, 1.165) is 30.4 Å². The first-order chi connectivity index (χ1) is 8.20. The minimum atomic E-state index is 0.101. The van der Waals surface area contributed by atoms with Crippen LogP contribution >= 0.6 is 0 Å². The Balaban J connectivity index is 2.08. The standard InChI is InChI=1S/C16H20O/c1-4-15-10-12(2)13(3)16(17-15)11-14-8-6-5-7-9-14/h5-9,15-16H,2-4,10-11H2,1H3/t15-,16+/m1/s1. The highest BCUT2D eigenvalue weighted by Gasteiger charge is 2.26. The lowest BCUT2D eigenvalue weighted by atomic mass is 9.90. The summed E-state index contributed by atoms with van der Waals surface area (Å²) in [6, 6.07) is 10.4. The van der Waals surface area contributed by atoms with E-state index in [2.05, 4.69) is 44.3 Å². The van der Waals surface area contributed by atoms with Gasteiger partial charge in [0.15, 0.2) is 0 Å². The Labute approximate surface area is 104 Å². The summed E-state index contributed by atoms with van der Waals surface area (Å²) >= 11 is 0. The molecule has 0 aromatic heterocycles. The second kappa shape index (κ2) is 5.33. The van der Waals surface area contributed by atoms with E-state index in [-0.39, 0.29) is 6.10 Å². The third-order valence-corrected chi connectivity index (χ3v) is 3.39. The van der Waals surface area contributed by atoms with Crippen LogP contribution in [-0.2, 0) is 11.2 Å². The molecule has 1 aromatic carbocycles. The molecule has 2 rings (SSSR count). The van der Waals surface area contributed by atoms with Crippen molar-refractivity contribution >= 4 is 0 Å². The van der Waals surface area contributed by atoms with Gasteiger partial charge in [0, 0.05) is 6.42 Å². The molecule has 0 aliphatic carbocycles. The molecule has 1 heteroatoms. The van der Waals surface area contributed by atoms with Gasteiger partial charge in [-0.05, 0) is 29.6 Å². The van der Waals surface area contributed by atoms with Gasteiger partial charge in [0.05, 0.1) is 12.2 Å². The highest BCUT2D eigenvalue weighted by molar-refractivity contribution is 5.33. The van der Waals surface area contributed by atoms with Crippen LogP contribution in [0.4, 0.5) is 0 Å². The van der Waals surface area contributed by atoms with Gasteiger partial charge in [0.25, 0.3) is 0 Å². The van der Waals surface area contributed by atoms with Gasteiger partial charge in [0.2, 0.25) is 0 Å². The van der Waals surface area contributed by atoms with E-state index in [4.69, 9.17) is 4.74 Å². The van der Waals surface area contributed by atoms with Crippen molar-refractivity contribution in [3.63, 3.8) is 0 Å². The maximum absolute atomic E-state index is 6.06. The lowest BCUT2D eigenvalue weighted by molar-refractivity contribution is -0.00602. The summed E-state index contributed by atoms with van der Waals surface area (Å²) in [5.41, 5.74) is 3.52. The number of hydrogen-bond donors (Lipinski definition) is 0. The van der Waals surface area contributed by atoms with E-state index >= 15 is 0 Å². The lowest BCUT2D eigenvalue weighted by Crippen LogP contribution is -2.31. The maximum Gasteiger partial charge on any atom is 0.0865 e. The van der Waals surface area contributed by atoms with Gasteiger partial charge in [-0.1, -0.05) is 50.4 Å². The molecule has 17 heavy (non-hydrogen) atoms. The van der Waals surface area contributed by atoms with Gasteiger partial charge in [0.1, 0.15) is 0 Å². The Morgan fingerprint density at radius 3 is 2.59 bits per heavy atom. The fourth-order valence-corrected chi connectivity index (χ4v) is 2.24. The molecule has 1 fully saturated rings. The minimum absolute atomic E-state index is 0.101. The monoisotopic (exact) mass is 228 g/mol. The van der Waals surface area contributed by atoms with E-state index < -0.39 is 0 Å². The predicted octanol–water partition coefficient (Wildman–Crippen LogP) is 3.91. The Kier molecular flexibility index (Phi) is 3.80. The number of benzene rings is 1. The van der Waals surface area contributed by atoms with E-state index in [1.807, 2.05) is 6.07 Å². The molecule has 0 bridgehead atoms. The first-order valence-corrected chi connectivity index (χ1v) is 6.27. The predicted molar refractivity (Wildman–Crippen MR) is 72.0 cm³/mol. The van der Waals surface area contributed by atoms with Gasteiger partial charge in [-0.25, -0.2) is 0 Å². The van der Waals surface area contributed by atoms with Gasteiger partial charge in [-0.2, -0.15) is 0 Å². The van der Waals surface area contributed by atoms with Crippen LogP contribution in [0.1, 0.15) is 25.3 Å². The third-order valence-electron chi connectivity index (χ3n) is 3.39. The summed E-state index contributed by atoms with van der Waals surface area (Å²) in [4.78, 5) is 0. The lowest BCUT2D eigenvalue weighted by Gasteiger charge is -2.33. The van der Waals surface area contributed by atoms with Gasteiger partial charge in [-0.15, -0.1) is 0 Å². The fourth-order valence-electron chi connectivity index (χ4n) is 2.24. The van der Waals surface area contributed by atoms with Gasteiger partial charge in [-0.3, -0.25) is 0 Å². The molecule has 90 valence electrons. The van der Waals surface area contributed by atoms with Crippen molar-refractivity contribution < 1.29 is 4.74 Å². The highest BCUT2D eigenvalue weighted by atomic mass is 16.5. The Hall–Kier alpha value is -1.34. The SMILES string of the molecule is C=C1C[C@@H](CC)O[C@@H](Cc2ccccc2)C1=C. The number of ether oxygens (including phenoxy) is 1. The molecule has 0 N–H and O–H groups in total. The molecule has 1 saturated heterocycles. The van der Waals surface area contributed by atoms with Crippen LogP contribution in [0.15, 0.2) is 54.6 Å². The molecule has 1 aromatic rings. The molecule has 1 heterocycles. The number of rotatable bonds is 3. The first kappa shape index (κ1) is 12.1. The molecular weight excluding hydrogens is 208 g/mol. The average molecular weight is 228 g/mol. The summed E-state index contributed by atoms with van der Waals surface area (Å²) in [6.45, 7) is 10.4. The normalized spacial score (nSPS) is 25.0. The summed E-state index contributed by atoms with van der Waals surface area (Å²) in [7, 11) is 0. The Bertz CT molecular complexity index is 405. The van der Waals surface area contributed by atoms with Crippen molar-refractivity contribution in [2.24, 2.45) is 0 Å². The topological polar surface area (TPSA) is 9.23 Å². The second-order valence-electron chi connectivity index (χ2n) is 4.68. The summed E-state index contributed by atoms with van der Waals surface area (Å²) in [5.74, 6) is 0. The highest BCUT2D eigenvalue weighted by Crippen LogP contribution is 2.30. The summed E-state index contributed by atoms with van der Waals surface area (Å²) < 4.78 is 6.06. The van der Waals surface area contributed by atoms with E-state index in [1.165, 1.54) is 5.56 Å². The summed E-state index contributed by atoms with van der Waals surface area (Å²) in [5, 5.41) is 0. The van der Waals surface area contributed by atoms with Crippen molar-refractivity contribution in [3.05, 3.63) is 60.2 Å². The molecule has 1 aliphatic heterocycles. The summed E-state index contributed by atoms with van der Waals surface area (Å²) in [6.07, 6.45) is 3.28. The molecular formula is C16H20O. The Morgan fingerprint density at radius 1 is 1.24 bits per heavy atom. The van der Waals surface area contributed by atoms with Crippen molar-refractivity contribution in [1.82, 2.24) is 0 Å². The van der Waals surface area contributed by atoms with Gasteiger partial charge < -0.3 is 4.74 Å². The average Bonchev–Trinajstić information content (AvgIpc) is 2.36. The molecule has 2 atom stereocenters. The molecule has 0 unspecified atom stereocenters. The molecule has 0 radical (unpaired) electrons. The number of hydrogen-bond acceptors (Lipinski definition) is 1. The molecule has 1 aliphatic rings. The molecule has 0 amide bonds. The van der Waals surface area contributed by atoms with Crippen molar-refractivity contribution in [1.29, 1.82) is 0 Å². The third kappa shape index (κ3) is 2.86. The van der Waals surface area contributed by atoms with Crippen LogP contribution in [0.5, 0.6) is 0 Å². The van der Waals surface area contributed by atoms with Crippen molar-refractivity contribution in [3.8, 4) is 0 Å². The van der Waals surface area contributed by atoms with Crippen LogP contribution in [0.3, 0.4) is 0 Å². The maximum atomic E-state index is 6.06. The fraction of sp³-hybridized carbons (Fsp3) is 0.375. The molecule has 1 nitrogen and oxygen atoms in total. The molecule has 0 saturated carbocycles. The van der Waals surface area contributed by atoms with Crippen LogP contribution in [0, 0.1) is 0 Å². The quantitative estimate of drug-likeness (QED) is 0.762. The van der Waals surface area contributed by atoms with Crippen LogP contribution < -0.4 is 0 Å².